The molecule has 1 aromatic carbocycles. The molecule has 1 aromatic heterocycles. The summed E-state index contributed by atoms with van der Waals surface area (Å²) in [6.07, 6.45) is 0. The molecular weight excluding hydrogens is 240 g/mol. The summed E-state index contributed by atoms with van der Waals surface area (Å²) in [5.41, 5.74) is 1.56. The Morgan fingerprint density at radius 1 is 1.47 bits per heavy atom. The van der Waals surface area contributed by atoms with E-state index in [9.17, 15) is 0 Å². The van der Waals surface area contributed by atoms with Gasteiger partial charge >= 0.3 is 0 Å². The predicted molar refractivity (Wildman–Crippen MR) is 66.6 cm³/mol. The van der Waals surface area contributed by atoms with Crippen molar-refractivity contribution in [2.75, 3.05) is 24.7 Å². The topological polar surface area (TPSA) is 38.5 Å². The molecule has 0 aliphatic carbocycles. The number of oxazole rings is 1. The van der Waals surface area contributed by atoms with E-state index in [1.165, 1.54) is 0 Å². The summed E-state index contributed by atoms with van der Waals surface area (Å²) in [5.74, 6) is 0. The van der Waals surface area contributed by atoms with E-state index >= 15 is 0 Å². The Morgan fingerprint density at radius 2 is 2.35 bits per heavy atom. The van der Waals surface area contributed by atoms with Crippen LogP contribution in [0.15, 0.2) is 22.6 Å². The molecule has 0 radical (unpaired) electrons. The number of rotatable bonds is 1. The maximum absolute atomic E-state index is 5.93. The minimum Gasteiger partial charge on any atom is -0.423 e. The summed E-state index contributed by atoms with van der Waals surface area (Å²) in [6, 6.07) is 6.40. The third-order valence-corrected chi connectivity index (χ3v) is 3.19. The first-order valence-corrected chi connectivity index (χ1v) is 6.02. The van der Waals surface area contributed by atoms with Crippen LogP contribution < -0.4 is 4.90 Å². The lowest BCUT2D eigenvalue weighted by molar-refractivity contribution is 0.0963. The van der Waals surface area contributed by atoms with E-state index < -0.39 is 0 Å². The number of anilines is 1. The number of morpholine rings is 1. The number of hydrogen-bond donors (Lipinski definition) is 0. The first-order chi connectivity index (χ1) is 8.24. The Hall–Kier alpha value is -1.26. The third-order valence-electron chi connectivity index (χ3n) is 2.95. The van der Waals surface area contributed by atoms with Crippen LogP contribution in [0.1, 0.15) is 6.92 Å². The van der Waals surface area contributed by atoms with Gasteiger partial charge in [-0.05, 0) is 25.1 Å². The van der Waals surface area contributed by atoms with Gasteiger partial charge in [0.05, 0.1) is 19.3 Å². The van der Waals surface area contributed by atoms with Crippen molar-refractivity contribution in [3.8, 4) is 0 Å². The highest BCUT2D eigenvalue weighted by molar-refractivity contribution is 6.31. The van der Waals surface area contributed by atoms with Crippen molar-refractivity contribution in [3.63, 3.8) is 0 Å². The Balaban J connectivity index is 1.99. The van der Waals surface area contributed by atoms with E-state index in [1.54, 1.807) is 0 Å². The molecule has 0 spiro atoms. The van der Waals surface area contributed by atoms with Crippen LogP contribution in [-0.4, -0.2) is 30.8 Å². The van der Waals surface area contributed by atoms with Gasteiger partial charge in [0.1, 0.15) is 5.52 Å². The second kappa shape index (κ2) is 4.20. The molecule has 2 aromatic rings. The van der Waals surface area contributed by atoms with Crippen LogP contribution in [-0.2, 0) is 4.74 Å². The highest BCUT2D eigenvalue weighted by Crippen LogP contribution is 2.26. The van der Waals surface area contributed by atoms with Crippen molar-refractivity contribution < 1.29 is 9.15 Å². The molecule has 0 bridgehead atoms. The zero-order valence-corrected chi connectivity index (χ0v) is 10.3. The van der Waals surface area contributed by atoms with Crippen molar-refractivity contribution in [1.29, 1.82) is 0 Å². The summed E-state index contributed by atoms with van der Waals surface area (Å²) in [6.45, 7) is 4.33. The SMILES string of the molecule is C[C@H]1COCCN1c1nc2cc(Cl)ccc2o1. The fourth-order valence-electron chi connectivity index (χ4n) is 2.02. The lowest BCUT2D eigenvalue weighted by atomic mass is 10.3. The molecule has 0 N–H and O–H groups in total. The summed E-state index contributed by atoms with van der Waals surface area (Å²) < 4.78 is 11.1. The largest absolute Gasteiger partial charge is 0.423 e. The maximum atomic E-state index is 5.93. The fourth-order valence-corrected chi connectivity index (χ4v) is 2.19. The van der Waals surface area contributed by atoms with Gasteiger partial charge in [-0.1, -0.05) is 11.6 Å². The molecule has 90 valence electrons. The van der Waals surface area contributed by atoms with Gasteiger partial charge in [0.2, 0.25) is 0 Å². The van der Waals surface area contributed by atoms with Gasteiger partial charge in [0.15, 0.2) is 5.58 Å². The lowest BCUT2D eigenvalue weighted by Gasteiger charge is -2.31. The zero-order chi connectivity index (χ0) is 11.8. The minimum atomic E-state index is 0.285. The molecular formula is C12H13ClN2O2. The molecule has 1 atom stereocenters. The minimum absolute atomic E-state index is 0.285. The number of hydrogen-bond acceptors (Lipinski definition) is 4. The van der Waals surface area contributed by atoms with Crippen LogP contribution in [0.4, 0.5) is 6.01 Å². The molecule has 0 amide bonds. The number of aromatic nitrogens is 1. The Kier molecular flexibility index (Phi) is 2.68. The maximum Gasteiger partial charge on any atom is 0.298 e. The highest BCUT2D eigenvalue weighted by Gasteiger charge is 2.23. The van der Waals surface area contributed by atoms with Crippen molar-refractivity contribution in [2.24, 2.45) is 0 Å². The summed E-state index contributed by atoms with van der Waals surface area (Å²) in [4.78, 5) is 6.59. The molecule has 1 fully saturated rings. The van der Waals surface area contributed by atoms with Gasteiger partial charge in [0, 0.05) is 11.6 Å². The Morgan fingerprint density at radius 3 is 3.18 bits per heavy atom. The quantitative estimate of drug-likeness (QED) is 0.782. The van der Waals surface area contributed by atoms with Crippen molar-refractivity contribution >= 4 is 28.7 Å². The molecule has 1 saturated heterocycles. The number of nitrogens with zero attached hydrogens (tertiary/aromatic N) is 2. The van der Waals surface area contributed by atoms with E-state index in [2.05, 4.69) is 16.8 Å². The van der Waals surface area contributed by atoms with Gasteiger partial charge in [-0.2, -0.15) is 4.98 Å². The van der Waals surface area contributed by atoms with E-state index in [4.69, 9.17) is 20.8 Å². The lowest BCUT2D eigenvalue weighted by Crippen LogP contribution is -2.43. The fraction of sp³-hybridized carbons (Fsp3) is 0.417. The number of fused-ring (bicyclic) bond motifs is 1. The van der Waals surface area contributed by atoms with Crippen molar-refractivity contribution in [2.45, 2.75) is 13.0 Å². The van der Waals surface area contributed by atoms with Gasteiger partial charge in [-0.3, -0.25) is 0 Å². The first-order valence-electron chi connectivity index (χ1n) is 5.64. The van der Waals surface area contributed by atoms with Crippen molar-refractivity contribution in [3.05, 3.63) is 23.2 Å². The standard InChI is InChI=1S/C12H13ClN2O2/c1-8-7-16-5-4-15(8)12-14-10-6-9(13)2-3-11(10)17-12/h2-3,6,8H,4-5,7H2,1H3/t8-/m0/s1. The van der Waals surface area contributed by atoms with E-state index in [0.29, 0.717) is 24.3 Å². The second-order valence-electron chi connectivity index (χ2n) is 4.23. The molecule has 2 heterocycles. The third kappa shape index (κ3) is 1.98. The smallest absolute Gasteiger partial charge is 0.298 e. The number of benzene rings is 1. The molecule has 1 aliphatic heterocycles. The molecule has 0 saturated carbocycles. The normalized spacial score (nSPS) is 21.1. The van der Waals surface area contributed by atoms with Gasteiger partial charge in [-0.25, -0.2) is 0 Å². The average Bonchev–Trinajstić information content (AvgIpc) is 2.72. The number of halogens is 1. The van der Waals surface area contributed by atoms with Gasteiger partial charge in [-0.15, -0.1) is 0 Å². The van der Waals surface area contributed by atoms with E-state index in [0.717, 1.165) is 17.6 Å². The van der Waals surface area contributed by atoms with E-state index in [-0.39, 0.29) is 6.04 Å². The highest BCUT2D eigenvalue weighted by atomic mass is 35.5. The monoisotopic (exact) mass is 252 g/mol. The van der Waals surface area contributed by atoms with Crippen LogP contribution in [0.5, 0.6) is 0 Å². The van der Waals surface area contributed by atoms with Crippen LogP contribution in [0.2, 0.25) is 5.02 Å². The molecule has 4 nitrogen and oxygen atoms in total. The molecule has 1 aliphatic rings. The van der Waals surface area contributed by atoms with Crippen LogP contribution in [0, 0.1) is 0 Å². The van der Waals surface area contributed by atoms with Crippen molar-refractivity contribution in [1.82, 2.24) is 4.98 Å². The zero-order valence-electron chi connectivity index (χ0n) is 9.52. The van der Waals surface area contributed by atoms with Gasteiger partial charge in [0.25, 0.3) is 6.01 Å². The molecule has 0 unspecified atom stereocenters. The average molecular weight is 253 g/mol. The predicted octanol–water partition coefficient (Wildman–Crippen LogP) is 2.71. The second-order valence-corrected chi connectivity index (χ2v) is 4.66. The van der Waals surface area contributed by atoms with Gasteiger partial charge < -0.3 is 14.1 Å². The summed E-state index contributed by atoms with van der Waals surface area (Å²) in [5, 5.41) is 0.673. The first kappa shape index (κ1) is 10.9. The number of ether oxygens (including phenoxy) is 1. The van der Waals surface area contributed by atoms with Crippen LogP contribution in [0.25, 0.3) is 11.1 Å². The summed E-state index contributed by atoms with van der Waals surface area (Å²) >= 11 is 5.93. The molecule has 5 heteroatoms. The molecule has 3 rings (SSSR count). The van der Waals surface area contributed by atoms with Crippen LogP contribution in [0.3, 0.4) is 0 Å². The Bertz CT molecular complexity index is 540. The Labute approximate surface area is 104 Å². The van der Waals surface area contributed by atoms with E-state index in [1.807, 2.05) is 18.2 Å². The summed E-state index contributed by atoms with van der Waals surface area (Å²) in [7, 11) is 0. The molecule has 17 heavy (non-hydrogen) atoms. The van der Waals surface area contributed by atoms with Crippen LogP contribution >= 0.6 is 11.6 Å².